The highest BCUT2D eigenvalue weighted by molar-refractivity contribution is 5.41. The van der Waals surface area contributed by atoms with Crippen LogP contribution in [-0.4, -0.2) is 63.1 Å². The molecule has 0 aliphatic carbocycles. The molecule has 0 aromatic heterocycles. The Morgan fingerprint density at radius 2 is 0.821 bits per heavy atom. The van der Waals surface area contributed by atoms with Crippen LogP contribution in [0.4, 0.5) is 0 Å². The lowest BCUT2D eigenvalue weighted by Gasteiger charge is -2.27. The minimum Gasteiger partial charge on any atom is -0.491 e. The van der Waals surface area contributed by atoms with E-state index in [0.29, 0.717) is 26.4 Å². The van der Waals surface area contributed by atoms with Gasteiger partial charge in [-0.25, -0.2) is 0 Å². The zero-order valence-corrected chi connectivity index (χ0v) is 25.9. The van der Waals surface area contributed by atoms with E-state index in [1.807, 2.05) is 79.7 Å². The van der Waals surface area contributed by atoms with Crippen molar-refractivity contribution in [2.45, 2.75) is 111 Å². The molecule has 220 valence electrons. The lowest BCUT2D eigenvalue weighted by Crippen LogP contribution is -2.31. The quantitative estimate of drug-likeness (QED) is 0.198. The van der Waals surface area contributed by atoms with Crippen molar-refractivity contribution in [2.75, 3.05) is 26.4 Å². The summed E-state index contributed by atoms with van der Waals surface area (Å²) in [7, 11) is 0. The van der Waals surface area contributed by atoms with Gasteiger partial charge in [-0.1, -0.05) is 38.1 Å². The standard InChI is InChI=1S/C33H52O6/c1-23(2)34-19-31(38-25(5)6)21-36-29-15-11-27(12-16-29)33(9,10)28-13-17-30(18-14-28)37-22-32(39-26(7)8)20-35-24(3)4/h11-18,23-26,31-32H,19-22H2,1-10H3. The predicted molar refractivity (Wildman–Crippen MR) is 158 cm³/mol. The number of benzene rings is 2. The molecule has 0 fully saturated rings. The molecule has 39 heavy (non-hydrogen) atoms. The Morgan fingerprint density at radius 1 is 0.487 bits per heavy atom. The Labute approximate surface area is 237 Å². The molecule has 0 aliphatic rings. The van der Waals surface area contributed by atoms with Gasteiger partial charge < -0.3 is 28.4 Å². The van der Waals surface area contributed by atoms with Gasteiger partial charge in [0.2, 0.25) is 0 Å². The van der Waals surface area contributed by atoms with E-state index in [2.05, 4.69) is 38.1 Å². The first-order chi connectivity index (χ1) is 18.4. The maximum Gasteiger partial charge on any atom is 0.119 e. The van der Waals surface area contributed by atoms with Gasteiger partial charge in [0.25, 0.3) is 0 Å². The van der Waals surface area contributed by atoms with Crippen LogP contribution in [0, 0.1) is 0 Å². The molecule has 0 bridgehead atoms. The fourth-order valence-electron chi connectivity index (χ4n) is 4.10. The number of rotatable bonds is 18. The van der Waals surface area contributed by atoms with Gasteiger partial charge in [0.05, 0.1) is 37.6 Å². The highest BCUT2D eigenvalue weighted by Gasteiger charge is 2.23. The van der Waals surface area contributed by atoms with Crippen LogP contribution in [0.15, 0.2) is 48.5 Å². The van der Waals surface area contributed by atoms with E-state index in [1.165, 1.54) is 11.1 Å². The van der Waals surface area contributed by atoms with Gasteiger partial charge >= 0.3 is 0 Å². The largest absolute Gasteiger partial charge is 0.491 e. The molecule has 0 N–H and O–H groups in total. The van der Waals surface area contributed by atoms with E-state index in [1.54, 1.807) is 0 Å². The molecule has 0 saturated carbocycles. The van der Waals surface area contributed by atoms with Gasteiger partial charge in [-0.05, 0) is 90.8 Å². The molecule has 2 unspecified atom stereocenters. The predicted octanol–water partition coefficient (Wildman–Crippen LogP) is 7.21. The van der Waals surface area contributed by atoms with Crippen LogP contribution in [0.1, 0.15) is 80.4 Å². The van der Waals surface area contributed by atoms with E-state index >= 15 is 0 Å². The van der Waals surface area contributed by atoms with E-state index in [-0.39, 0.29) is 42.0 Å². The first kappa shape index (κ1) is 33.1. The molecule has 0 radical (unpaired) electrons. The highest BCUT2D eigenvalue weighted by Crippen LogP contribution is 2.33. The smallest absolute Gasteiger partial charge is 0.119 e. The summed E-state index contributed by atoms with van der Waals surface area (Å²) in [5, 5.41) is 0. The Balaban J connectivity index is 1.98. The van der Waals surface area contributed by atoms with Crippen molar-refractivity contribution in [3.8, 4) is 11.5 Å². The molecule has 2 aromatic carbocycles. The third-order valence-corrected chi connectivity index (χ3v) is 6.18. The maximum atomic E-state index is 6.05. The van der Waals surface area contributed by atoms with Crippen molar-refractivity contribution in [3.05, 3.63) is 59.7 Å². The summed E-state index contributed by atoms with van der Waals surface area (Å²) in [6.45, 7) is 22.6. The molecule has 0 spiro atoms. The summed E-state index contributed by atoms with van der Waals surface area (Å²) in [6, 6.07) is 16.6. The summed E-state index contributed by atoms with van der Waals surface area (Å²) in [6.07, 6.45) is 0.320. The van der Waals surface area contributed by atoms with Gasteiger partial charge in [0.1, 0.15) is 36.9 Å². The van der Waals surface area contributed by atoms with E-state index in [0.717, 1.165) is 11.5 Å². The first-order valence-electron chi connectivity index (χ1n) is 14.4. The van der Waals surface area contributed by atoms with Crippen LogP contribution in [0.3, 0.4) is 0 Å². The third kappa shape index (κ3) is 12.3. The van der Waals surface area contributed by atoms with Crippen molar-refractivity contribution in [2.24, 2.45) is 0 Å². The number of hydrogen-bond donors (Lipinski definition) is 0. The Bertz CT molecular complexity index is 843. The summed E-state index contributed by atoms with van der Waals surface area (Å²) in [5.74, 6) is 1.64. The Morgan fingerprint density at radius 3 is 1.10 bits per heavy atom. The van der Waals surface area contributed by atoms with Crippen LogP contribution in [0.5, 0.6) is 11.5 Å². The average molecular weight is 545 g/mol. The highest BCUT2D eigenvalue weighted by atomic mass is 16.6. The maximum absolute atomic E-state index is 6.05. The van der Waals surface area contributed by atoms with Crippen molar-refractivity contribution >= 4 is 0 Å². The van der Waals surface area contributed by atoms with Crippen molar-refractivity contribution in [1.29, 1.82) is 0 Å². The average Bonchev–Trinajstić information content (AvgIpc) is 2.87. The van der Waals surface area contributed by atoms with Crippen LogP contribution in [0.2, 0.25) is 0 Å². The van der Waals surface area contributed by atoms with Crippen LogP contribution < -0.4 is 9.47 Å². The summed E-state index contributed by atoms with van der Waals surface area (Å²) in [4.78, 5) is 0. The second kappa shape index (κ2) is 16.2. The fourth-order valence-corrected chi connectivity index (χ4v) is 4.10. The van der Waals surface area contributed by atoms with Crippen molar-refractivity contribution < 1.29 is 28.4 Å². The summed E-state index contributed by atoms with van der Waals surface area (Å²) >= 11 is 0. The zero-order chi connectivity index (χ0) is 29.0. The summed E-state index contributed by atoms with van der Waals surface area (Å²) in [5.41, 5.74) is 2.23. The Kier molecular flexibility index (Phi) is 13.8. The molecule has 0 heterocycles. The second-order valence-corrected chi connectivity index (χ2v) is 11.7. The Hall–Kier alpha value is -2.12. The second-order valence-electron chi connectivity index (χ2n) is 11.7. The molecular formula is C33H52O6. The van der Waals surface area contributed by atoms with Crippen molar-refractivity contribution in [3.63, 3.8) is 0 Å². The van der Waals surface area contributed by atoms with Crippen LogP contribution in [0.25, 0.3) is 0 Å². The third-order valence-electron chi connectivity index (χ3n) is 6.18. The van der Waals surface area contributed by atoms with Crippen molar-refractivity contribution in [1.82, 2.24) is 0 Å². The van der Waals surface area contributed by atoms with Crippen LogP contribution in [-0.2, 0) is 24.4 Å². The SMILES string of the molecule is CC(C)OCC(COc1ccc(C(C)(C)c2ccc(OCC(COC(C)C)OC(C)C)cc2)cc1)OC(C)C. The van der Waals surface area contributed by atoms with Crippen LogP contribution >= 0.6 is 0 Å². The van der Waals surface area contributed by atoms with Gasteiger partial charge in [-0.2, -0.15) is 0 Å². The van der Waals surface area contributed by atoms with Gasteiger partial charge in [0, 0.05) is 5.41 Å². The molecule has 2 atom stereocenters. The number of ether oxygens (including phenoxy) is 6. The molecule has 2 rings (SSSR count). The lowest BCUT2D eigenvalue weighted by molar-refractivity contribution is -0.0741. The molecule has 0 aliphatic heterocycles. The molecular weight excluding hydrogens is 492 g/mol. The van der Waals surface area contributed by atoms with Gasteiger partial charge in [-0.3, -0.25) is 0 Å². The number of hydrogen-bond acceptors (Lipinski definition) is 6. The van der Waals surface area contributed by atoms with Gasteiger partial charge in [0.15, 0.2) is 0 Å². The van der Waals surface area contributed by atoms with E-state index in [9.17, 15) is 0 Å². The first-order valence-corrected chi connectivity index (χ1v) is 14.4. The molecule has 6 heteroatoms. The molecule has 2 aromatic rings. The molecule has 6 nitrogen and oxygen atoms in total. The minimum atomic E-state index is -0.181. The topological polar surface area (TPSA) is 55.4 Å². The molecule has 0 saturated heterocycles. The van der Waals surface area contributed by atoms with Gasteiger partial charge in [-0.15, -0.1) is 0 Å². The van der Waals surface area contributed by atoms with E-state index in [4.69, 9.17) is 28.4 Å². The summed E-state index contributed by atoms with van der Waals surface area (Å²) < 4.78 is 35.5. The fraction of sp³-hybridized carbons (Fsp3) is 0.636. The normalized spacial score (nSPS) is 13.9. The van der Waals surface area contributed by atoms with E-state index < -0.39 is 0 Å². The minimum absolute atomic E-state index is 0.112. The zero-order valence-electron chi connectivity index (χ0n) is 25.9. The molecule has 0 amide bonds. The monoisotopic (exact) mass is 544 g/mol. The lowest BCUT2D eigenvalue weighted by atomic mass is 9.78.